The molecule has 3 aromatic rings. The highest BCUT2D eigenvalue weighted by Gasteiger charge is 2.07. The van der Waals surface area contributed by atoms with Crippen molar-refractivity contribution in [1.29, 1.82) is 0 Å². The van der Waals surface area contributed by atoms with Gasteiger partial charge >= 0.3 is 0 Å². The Morgan fingerprint density at radius 3 is 2.69 bits per heavy atom. The minimum Gasteiger partial charge on any atom is -0.281 e. The number of imidazole rings is 1. The Bertz CT molecular complexity index is 642. The molecule has 0 atom stereocenters. The Kier molecular flexibility index (Phi) is 1.93. The lowest BCUT2D eigenvalue weighted by molar-refractivity contribution is 0.962. The van der Waals surface area contributed by atoms with E-state index in [2.05, 4.69) is 15.0 Å². The summed E-state index contributed by atoms with van der Waals surface area (Å²) in [6, 6.07) is 7.98. The maximum absolute atomic E-state index is 4.33. The lowest BCUT2D eigenvalue weighted by atomic mass is 10.3. The molecule has 0 unspecified atom stereocenters. The fraction of sp³-hybridized carbons (Fsp3) is 0.0833. The topological polar surface area (TPSA) is 43.6 Å². The third kappa shape index (κ3) is 1.27. The van der Waals surface area contributed by atoms with Crippen LogP contribution in [0.25, 0.3) is 16.9 Å². The average molecular weight is 210 g/mol. The maximum atomic E-state index is 4.33. The van der Waals surface area contributed by atoms with Gasteiger partial charge in [-0.05, 0) is 19.1 Å². The Morgan fingerprint density at radius 1 is 1.00 bits per heavy atom. The second-order valence-electron chi connectivity index (χ2n) is 3.57. The van der Waals surface area contributed by atoms with Crippen molar-refractivity contribution >= 4 is 11.0 Å². The number of hydrogen-bond acceptors (Lipinski definition) is 3. The molecule has 0 aliphatic rings. The first kappa shape index (κ1) is 9.03. The lowest BCUT2D eigenvalue weighted by Crippen LogP contribution is -2.00. The molecule has 0 saturated carbocycles. The molecule has 4 heteroatoms. The van der Waals surface area contributed by atoms with Crippen molar-refractivity contribution in [2.75, 3.05) is 0 Å². The number of benzene rings is 1. The number of hydrogen-bond donors (Lipinski definition) is 0. The van der Waals surface area contributed by atoms with Crippen LogP contribution in [0.5, 0.6) is 0 Å². The van der Waals surface area contributed by atoms with Crippen LogP contribution >= 0.6 is 0 Å². The summed E-state index contributed by atoms with van der Waals surface area (Å²) in [7, 11) is 0. The van der Waals surface area contributed by atoms with Gasteiger partial charge in [-0.15, -0.1) is 0 Å². The predicted molar refractivity (Wildman–Crippen MR) is 61.4 cm³/mol. The van der Waals surface area contributed by atoms with E-state index in [0.29, 0.717) is 0 Å². The van der Waals surface area contributed by atoms with Crippen LogP contribution in [-0.4, -0.2) is 19.5 Å². The highest BCUT2D eigenvalue weighted by Crippen LogP contribution is 2.17. The summed E-state index contributed by atoms with van der Waals surface area (Å²) < 4.78 is 1.96. The van der Waals surface area contributed by atoms with E-state index in [-0.39, 0.29) is 0 Å². The fourth-order valence-electron chi connectivity index (χ4n) is 1.76. The van der Waals surface area contributed by atoms with Gasteiger partial charge in [0, 0.05) is 12.4 Å². The van der Waals surface area contributed by atoms with E-state index < -0.39 is 0 Å². The van der Waals surface area contributed by atoms with Crippen molar-refractivity contribution in [1.82, 2.24) is 19.5 Å². The van der Waals surface area contributed by atoms with Crippen LogP contribution in [0, 0.1) is 6.92 Å². The first-order valence-electron chi connectivity index (χ1n) is 5.06. The van der Waals surface area contributed by atoms with Gasteiger partial charge in [-0.2, -0.15) is 0 Å². The van der Waals surface area contributed by atoms with Gasteiger partial charge in [-0.1, -0.05) is 12.1 Å². The molecule has 0 bridgehead atoms. The van der Waals surface area contributed by atoms with Gasteiger partial charge in [-0.3, -0.25) is 9.55 Å². The van der Waals surface area contributed by atoms with E-state index in [4.69, 9.17) is 0 Å². The highest BCUT2D eigenvalue weighted by molar-refractivity contribution is 5.76. The van der Waals surface area contributed by atoms with Gasteiger partial charge in [0.05, 0.1) is 16.7 Å². The number of rotatable bonds is 1. The molecule has 0 N–H and O–H groups in total. The van der Waals surface area contributed by atoms with Crippen LogP contribution < -0.4 is 0 Å². The summed E-state index contributed by atoms with van der Waals surface area (Å²) in [5.74, 6) is 0.830. The standard InChI is InChI=1S/C12H10N4/c1-9-12(14-7-6-13-9)16-8-15-10-4-2-3-5-11(10)16/h2-8H,1H3. The highest BCUT2D eigenvalue weighted by atomic mass is 15.1. The van der Waals surface area contributed by atoms with Crippen molar-refractivity contribution in [3.05, 3.63) is 48.7 Å². The second-order valence-corrected chi connectivity index (χ2v) is 3.57. The quantitative estimate of drug-likeness (QED) is 0.618. The van der Waals surface area contributed by atoms with Gasteiger partial charge < -0.3 is 0 Å². The third-order valence-corrected chi connectivity index (χ3v) is 2.54. The summed E-state index contributed by atoms with van der Waals surface area (Å²) in [4.78, 5) is 12.9. The van der Waals surface area contributed by atoms with Gasteiger partial charge in [0.25, 0.3) is 0 Å². The number of aryl methyl sites for hydroxylation is 1. The first-order valence-corrected chi connectivity index (χ1v) is 5.06. The molecular formula is C12H10N4. The number of fused-ring (bicyclic) bond motifs is 1. The normalized spacial score (nSPS) is 10.8. The van der Waals surface area contributed by atoms with E-state index >= 15 is 0 Å². The number of aromatic nitrogens is 4. The second kappa shape index (κ2) is 3.41. The molecule has 4 nitrogen and oxygen atoms in total. The Morgan fingerprint density at radius 2 is 1.81 bits per heavy atom. The molecule has 0 aliphatic heterocycles. The third-order valence-electron chi connectivity index (χ3n) is 2.54. The van der Waals surface area contributed by atoms with Crippen LogP contribution in [0.15, 0.2) is 43.0 Å². The van der Waals surface area contributed by atoms with Crippen molar-refractivity contribution in [3.63, 3.8) is 0 Å². The average Bonchev–Trinajstić information content (AvgIpc) is 2.74. The molecule has 0 saturated heterocycles. The van der Waals surface area contributed by atoms with Crippen LogP contribution in [0.2, 0.25) is 0 Å². The lowest BCUT2D eigenvalue weighted by Gasteiger charge is -2.04. The Hall–Kier alpha value is -2.23. The molecule has 0 radical (unpaired) electrons. The van der Waals surface area contributed by atoms with E-state index in [1.54, 1.807) is 18.7 Å². The van der Waals surface area contributed by atoms with Gasteiger partial charge in [-0.25, -0.2) is 9.97 Å². The van der Waals surface area contributed by atoms with Crippen molar-refractivity contribution < 1.29 is 0 Å². The Balaban J connectivity index is 2.31. The van der Waals surface area contributed by atoms with E-state index in [1.165, 1.54) is 0 Å². The number of para-hydroxylation sites is 2. The zero-order chi connectivity index (χ0) is 11.0. The van der Waals surface area contributed by atoms with Gasteiger partial charge in [0.2, 0.25) is 0 Å². The molecule has 0 fully saturated rings. The molecule has 2 heterocycles. The molecule has 3 rings (SSSR count). The summed E-state index contributed by atoms with van der Waals surface area (Å²) in [6.07, 6.45) is 5.16. The van der Waals surface area contributed by atoms with Crippen LogP contribution in [0.1, 0.15) is 5.69 Å². The summed E-state index contributed by atoms with van der Waals surface area (Å²) in [5, 5.41) is 0. The van der Waals surface area contributed by atoms with Crippen LogP contribution in [0.4, 0.5) is 0 Å². The van der Waals surface area contributed by atoms with Crippen LogP contribution in [-0.2, 0) is 0 Å². The zero-order valence-electron chi connectivity index (χ0n) is 8.83. The van der Waals surface area contributed by atoms with Crippen molar-refractivity contribution in [2.24, 2.45) is 0 Å². The first-order chi connectivity index (χ1) is 7.86. The molecule has 1 aromatic carbocycles. The summed E-state index contributed by atoms with van der Waals surface area (Å²) in [5.41, 5.74) is 2.91. The van der Waals surface area contributed by atoms with E-state index in [1.807, 2.05) is 35.8 Å². The zero-order valence-corrected chi connectivity index (χ0v) is 8.83. The largest absolute Gasteiger partial charge is 0.281 e. The van der Waals surface area contributed by atoms with Gasteiger partial charge in [0.1, 0.15) is 6.33 Å². The molecule has 0 aliphatic carbocycles. The maximum Gasteiger partial charge on any atom is 0.159 e. The van der Waals surface area contributed by atoms with Crippen molar-refractivity contribution in [2.45, 2.75) is 6.92 Å². The van der Waals surface area contributed by atoms with Gasteiger partial charge in [0.15, 0.2) is 5.82 Å². The predicted octanol–water partition coefficient (Wildman–Crippen LogP) is 2.12. The fourth-order valence-corrected chi connectivity index (χ4v) is 1.76. The number of nitrogens with zero attached hydrogens (tertiary/aromatic N) is 4. The molecular weight excluding hydrogens is 200 g/mol. The molecule has 78 valence electrons. The van der Waals surface area contributed by atoms with Crippen molar-refractivity contribution in [3.8, 4) is 5.82 Å². The van der Waals surface area contributed by atoms with E-state index in [0.717, 1.165) is 22.5 Å². The summed E-state index contributed by atoms with van der Waals surface area (Å²) in [6.45, 7) is 1.94. The van der Waals surface area contributed by atoms with Crippen LogP contribution in [0.3, 0.4) is 0 Å². The SMILES string of the molecule is Cc1nccnc1-n1cnc2ccccc21. The summed E-state index contributed by atoms with van der Waals surface area (Å²) >= 11 is 0. The smallest absolute Gasteiger partial charge is 0.159 e. The minimum absolute atomic E-state index is 0.830. The monoisotopic (exact) mass is 210 g/mol. The minimum atomic E-state index is 0.830. The molecule has 16 heavy (non-hydrogen) atoms. The van der Waals surface area contributed by atoms with E-state index in [9.17, 15) is 0 Å². The molecule has 2 aromatic heterocycles. The Labute approximate surface area is 92.6 Å². The molecule has 0 amide bonds. The molecule has 0 spiro atoms.